The Kier molecular flexibility index (Phi) is 5.51. The lowest BCUT2D eigenvalue weighted by atomic mass is 9.96. The van der Waals surface area contributed by atoms with Gasteiger partial charge in [-0.1, -0.05) is 61.2 Å². The number of nitrogens with one attached hydrogen (secondary N) is 2. The Labute approximate surface area is 147 Å². The molecule has 0 radical (unpaired) electrons. The van der Waals surface area contributed by atoms with Gasteiger partial charge in [-0.25, -0.2) is 0 Å². The molecular weight excluding hydrogens is 328 g/mol. The molecule has 1 heterocycles. The summed E-state index contributed by atoms with van der Waals surface area (Å²) < 4.78 is 1.82. The first-order chi connectivity index (χ1) is 11.2. The van der Waals surface area contributed by atoms with Crippen molar-refractivity contribution in [1.29, 1.82) is 0 Å². The molecule has 1 aliphatic rings. The first-order valence-corrected chi connectivity index (χ1v) is 8.84. The number of hydrogen-bond donors (Lipinski definition) is 2. The highest BCUT2D eigenvalue weighted by atomic mass is 35.5. The van der Waals surface area contributed by atoms with Crippen LogP contribution >= 0.6 is 23.8 Å². The summed E-state index contributed by atoms with van der Waals surface area (Å²) in [6.45, 7) is 0.686. The van der Waals surface area contributed by atoms with E-state index in [4.69, 9.17) is 23.8 Å². The second kappa shape index (κ2) is 7.79. The molecule has 1 aromatic carbocycles. The van der Waals surface area contributed by atoms with Gasteiger partial charge in [0.1, 0.15) is 5.02 Å². The zero-order valence-electron chi connectivity index (χ0n) is 13.0. The molecule has 0 saturated heterocycles. The molecule has 1 fully saturated rings. The van der Waals surface area contributed by atoms with Gasteiger partial charge in [0, 0.05) is 12.2 Å². The van der Waals surface area contributed by atoms with Crippen LogP contribution in [0.3, 0.4) is 0 Å². The summed E-state index contributed by atoms with van der Waals surface area (Å²) in [5.41, 5.74) is 1.18. The van der Waals surface area contributed by atoms with E-state index in [1.54, 1.807) is 0 Å². The van der Waals surface area contributed by atoms with Gasteiger partial charge in [0.2, 0.25) is 0 Å². The third kappa shape index (κ3) is 4.69. The lowest BCUT2D eigenvalue weighted by Crippen LogP contribution is -2.39. The predicted molar refractivity (Wildman–Crippen MR) is 99.0 cm³/mol. The van der Waals surface area contributed by atoms with Gasteiger partial charge in [-0.3, -0.25) is 4.68 Å². The van der Waals surface area contributed by atoms with Gasteiger partial charge in [0.15, 0.2) is 10.9 Å². The standard InChI is InChI=1S/C17H21ClN4S/c18-15-12-22(11-13-7-3-1-4-8-13)21-16(15)20-17(23)19-14-9-5-2-6-10-14/h1,3-4,7-8,12,14H,2,5-6,9-11H2,(H2,19,20,21,23). The fraction of sp³-hybridized carbons (Fsp3) is 0.412. The van der Waals surface area contributed by atoms with Crippen molar-refractivity contribution in [3.05, 3.63) is 47.1 Å². The number of halogens is 1. The van der Waals surface area contributed by atoms with Crippen molar-refractivity contribution in [2.45, 2.75) is 44.7 Å². The van der Waals surface area contributed by atoms with E-state index in [0.29, 0.717) is 28.5 Å². The fourth-order valence-electron chi connectivity index (χ4n) is 2.91. The Morgan fingerprint density at radius 3 is 2.70 bits per heavy atom. The zero-order valence-corrected chi connectivity index (χ0v) is 14.5. The Morgan fingerprint density at radius 1 is 1.22 bits per heavy atom. The first-order valence-electron chi connectivity index (χ1n) is 8.05. The number of aromatic nitrogens is 2. The smallest absolute Gasteiger partial charge is 0.173 e. The summed E-state index contributed by atoms with van der Waals surface area (Å²) in [4.78, 5) is 0. The SMILES string of the molecule is S=C(Nc1nn(Cc2ccccc2)cc1Cl)NC1CCCCC1. The molecule has 1 aromatic heterocycles. The van der Waals surface area contributed by atoms with Crippen molar-refractivity contribution in [3.63, 3.8) is 0 Å². The normalized spacial score (nSPS) is 15.3. The van der Waals surface area contributed by atoms with Gasteiger partial charge in [-0.15, -0.1) is 0 Å². The summed E-state index contributed by atoms with van der Waals surface area (Å²) in [5, 5.41) is 12.1. The average Bonchev–Trinajstić information content (AvgIpc) is 2.88. The van der Waals surface area contributed by atoms with E-state index in [2.05, 4.69) is 27.9 Å². The van der Waals surface area contributed by atoms with E-state index in [1.165, 1.54) is 37.7 Å². The summed E-state index contributed by atoms with van der Waals surface area (Å²) in [7, 11) is 0. The van der Waals surface area contributed by atoms with Gasteiger partial charge >= 0.3 is 0 Å². The van der Waals surface area contributed by atoms with Gasteiger partial charge in [0.25, 0.3) is 0 Å². The molecule has 0 amide bonds. The second-order valence-corrected chi connectivity index (χ2v) is 6.76. The van der Waals surface area contributed by atoms with Gasteiger partial charge in [-0.05, 0) is 30.6 Å². The maximum Gasteiger partial charge on any atom is 0.173 e. The van der Waals surface area contributed by atoms with Crippen LogP contribution in [-0.4, -0.2) is 20.9 Å². The molecule has 4 nitrogen and oxygen atoms in total. The third-order valence-electron chi connectivity index (χ3n) is 4.08. The second-order valence-electron chi connectivity index (χ2n) is 5.94. The topological polar surface area (TPSA) is 41.9 Å². The fourth-order valence-corrected chi connectivity index (χ4v) is 3.37. The molecule has 0 bridgehead atoms. The van der Waals surface area contributed by atoms with Crippen molar-refractivity contribution < 1.29 is 0 Å². The quantitative estimate of drug-likeness (QED) is 0.812. The number of nitrogens with zero attached hydrogens (tertiary/aromatic N) is 2. The predicted octanol–water partition coefficient (Wildman–Crippen LogP) is 4.20. The molecule has 6 heteroatoms. The number of benzene rings is 1. The molecule has 1 saturated carbocycles. The van der Waals surface area contributed by atoms with Crippen LogP contribution in [-0.2, 0) is 6.54 Å². The summed E-state index contributed by atoms with van der Waals surface area (Å²) in [6.07, 6.45) is 8.05. The minimum atomic E-state index is 0.467. The summed E-state index contributed by atoms with van der Waals surface area (Å²) in [5.74, 6) is 0.607. The molecule has 0 atom stereocenters. The number of rotatable bonds is 4. The van der Waals surface area contributed by atoms with Gasteiger partial charge in [0.05, 0.1) is 6.54 Å². The van der Waals surface area contributed by atoms with E-state index in [-0.39, 0.29) is 0 Å². The van der Waals surface area contributed by atoms with Crippen LogP contribution < -0.4 is 10.6 Å². The van der Waals surface area contributed by atoms with Gasteiger partial charge in [-0.2, -0.15) is 5.10 Å². The van der Waals surface area contributed by atoms with Crippen molar-refractivity contribution in [1.82, 2.24) is 15.1 Å². The molecule has 1 aliphatic carbocycles. The highest BCUT2D eigenvalue weighted by molar-refractivity contribution is 7.80. The number of hydrogen-bond acceptors (Lipinski definition) is 2. The Balaban J connectivity index is 1.58. The monoisotopic (exact) mass is 348 g/mol. The highest BCUT2D eigenvalue weighted by Crippen LogP contribution is 2.21. The van der Waals surface area contributed by atoms with E-state index < -0.39 is 0 Å². The van der Waals surface area contributed by atoms with Crippen LogP contribution in [0.4, 0.5) is 5.82 Å². The lowest BCUT2D eigenvalue weighted by molar-refractivity contribution is 0.415. The summed E-state index contributed by atoms with van der Waals surface area (Å²) in [6, 6.07) is 10.6. The molecule has 0 unspecified atom stereocenters. The Morgan fingerprint density at radius 2 is 1.96 bits per heavy atom. The summed E-state index contributed by atoms with van der Waals surface area (Å²) >= 11 is 11.7. The molecule has 0 aliphatic heterocycles. The van der Waals surface area contributed by atoms with Crippen LogP contribution in [0, 0.1) is 0 Å². The van der Waals surface area contributed by atoms with Crippen LogP contribution in [0.5, 0.6) is 0 Å². The van der Waals surface area contributed by atoms with Crippen molar-refractivity contribution in [2.75, 3.05) is 5.32 Å². The van der Waals surface area contributed by atoms with E-state index in [1.807, 2.05) is 29.1 Å². The maximum absolute atomic E-state index is 6.26. The lowest BCUT2D eigenvalue weighted by Gasteiger charge is -2.24. The van der Waals surface area contributed by atoms with E-state index >= 15 is 0 Å². The molecule has 2 N–H and O–H groups in total. The van der Waals surface area contributed by atoms with E-state index in [9.17, 15) is 0 Å². The molecule has 2 aromatic rings. The Bertz CT molecular complexity index is 650. The third-order valence-corrected chi connectivity index (χ3v) is 4.57. The highest BCUT2D eigenvalue weighted by Gasteiger charge is 2.15. The van der Waals surface area contributed by atoms with Crippen LogP contribution in [0.25, 0.3) is 0 Å². The zero-order chi connectivity index (χ0) is 16.1. The molecule has 0 spiro atoms. The maximum atomic E-state index is 6.26. The minimum Gasteiger partial charge on any atom is -0.360 e. The van der Waals surface area contributed by atoms with Crippen LogP contribution in [0.1, 0.15) is 37.7 Å². The average molecular weight is 349 g/mol. The molecule has 3 rings (SSSR count). The molecule has 23 heavy (non-hydrogen) atoms. The first kappa shape index (κ1) is 16.3. The van der Waals surface area contributed by atoms with Crippen molar-refractivity contribution >= 4 is 34.7 Å². The van der Waals surface area contributed by atoms with Gasteiger partial charge < -0.3 is 10.6 Å². The minimum absolute atomic E-state index is 0.467. The Hall–Kier alpha value is -1.59. The van der Waals surface area contributed by atoms with Crippen molar-refractivity contribution in [2.24, 2.45) is 0 Å². The largest absolute Gasteiger partial charge is 0.360 e. The van der Waals surface area contributed by atoms with Crippen molar-refractivity contribution in [3.8, 4) is 0 Å². The number of thiocarbonyl (C=S) groups is 1. The van der Waals surface area contributed by atoms with Crippen LogP contribution in [0.15, 0.2) is 36.5 Å². The number of anilines is 1. The van der Waals surface area contributed by atoms with Crippen LogP contribution in [0.2, 0.25) is 5.02 Å². The van der Waals surface area contributed by atoms with E-state index in [0.717, 1.165) is 0 Å². The molecular formula is C17H21ClN4S. The molecule has 122 valence electrons.